The molecule has 0 heterocycles. The average molecular weight is 347 g/mol. The topological polar surface area (TPSA) is 54.3 Å². The molecule has 0 spiro atoms. The molecule has 0 amide bonds. The first-order valence-corrected chi connectivity index (χ1v) is 7.19. The molecular weight excluding hydrogens is 332 g/mol. The summed E-state index contributed by atoms with van der Waals surface area (Å²) in [6, 6.07) is 15.4. The van der Waals surface area contributed by atoms with E-state index in [0.29, 0.717) is 12.3 Å². The number of para-hydroxylation sites is 1. The smallest absolute Gasteiger partial charge is 0.174 e. The molecule has 0 aliphatic rings. The molecule has 0 aromatic heterocycles. The molecule has 0 aliphatic heterocycles. The summed E-state index contributed by atoms with van der Waals surface area (Å²) in [6.07, 6.45) is 0. The standard InChI is InChI=1S/C16H15BrN2O2/c1-20-13-6-7-14(17)15(10-13)19-11-12-4-2-3-5-16(12)21-9-8-18/h2-7,10,19H,9,11H2,1H3. The molecule has 0 bridgehead atoms. The van der Waals surface area contributed by atoms with E-state index in [1.165, 1.54) is 0 Å². The van der Waals surface area contributed by atoms with Gasteiger partial charge < -0.3 is 14.8 Å². The molecular formula is C16H15BrN2O2. The fourth-order valence-electron chi connectivity index (χ4n) is 1.86. The predicted molar refractivity (Wildman–Crippen MR) is 85.6 cm³/mol. The number of nitrogens with one attached hydrogen (secondary N) is 1. The Morgan fingerprint density at radius 1 is 1.24 bits per heavy atom. The van der Waals surface area contributed by atoms with Crippen LogP contribution in [0.5, 0.6) is 11.5 Å². The molecule has 4 nitrogen and oxygen atoms in total. The quantitative estimate of drug-likeness (QED) is 0.859. The monoisotopic (exact) mass is 346 g/mol. The van der Waals surface area contributed by atoms with Gasteiger partial charge in [-0.15, -0.1) is 0 Å². The lowest BCUT2D eigenvalue weighted by atomic mass is 10.2. The van der Waals surface area contributed by atoms with Gasteiger partial charge >= 0.3 is 0 Å². The third-order valence-corrected chi connectivity index (χ3v) is 3.60. The summed E-state index contributed by atoms with van der Waals surface area (Å²) < 4.78 is 11.6. The Balaban J connectivity index is 2.11. The maximum Gasteiger partial charge on any atom is 0.174 e. The molecule has 0 fully saturated rings. The highest BCUT2D eigenvalue weighted by Crippen LogP contribution is 2.28. The second kappa shape index (κ2) is 7.55. The molecule has 0 unspecified atom stereocenters. The van der Waals surface area contributed by atoms with Crippen molar-refractivity contribution in [1.29, 1.82) is 5.26 Å². The molecule has 2 rings (SSSR count). The first kappa shape index (κ1) is 15.2. The summed E-state index contributed by atoms with van der Waals surface area (Å²) in [4.78, 5) is 0. The van der Waals surface area contributed by atoms with Gasteiger partial charge in [-0.1, -0.05) is 18.2 Å². The molecule has 0 saturated heterocycles. The van der Waals surface area contributed by atoms with Crippen LogP contribution in [0.4, 0.5) is 5.69 Å². The number of nitrogens with zero attached hydrogens (tertiary/aromatic N) is 1. The van der Waals surface area contributed by atoms with Crippen LogP contribution in [0.1, 0.15) is 5.56 Å². The van der Waals surface area contributed by atoms with Gasteiger partial charge in [-0.25, -0.2) is 0 Å². The number of hydrogen-bond acceptors (Lipinski definition) is 4. The van der Waals surface area contributed by atoms with E-state index in [0.717, 1.165) is 21.5 Å². The fourth-order valence-corrected chi connectivity index (χ4v) is 2.24. The second-order valence-corrected chi connectivity index (χ2v) is 5.11. The van der Waals surface area contributed by atoms with Crippen molar-refractivity contribution in [3.63, 3.8) is 0 Å². The van der Waals surface area contributed by atoms with E-state index in [2.05, 4.69) is 21.2 Å². The first-order valence-electron chi connectivity index (χ1n) is 6.39. The minimum absolute atomic E-state index is 0.0415. The minimum Gasteiger partial charge on any atom is -0.497 e. The normalized spacial score (nSPS) is 9.76. The molecule has 2 aromatic rings. The van der Waals surface area contributed by atoms with Crippen molar-refractivity contribution >= 4 is 21.6 Å². The molecule has 0 saturated carbocycles. The van der Waals surface area contributed by atoms with Crippen LogP contribution in [0.15, 0.2) is 46.9 Å². The van der Waals surface area contributed by atoms with Crippen molar-refractivity contribution in [2.75, 3.05) is 19.0 Å². The van der Waals surface area contributed by atoms with Gasteiger partial charge in [0, 0.05) is 22.6 Å². The van der Waals surface area contributed by atoms with Gasteiger partial charge in [0.25, 0.3) is 0 Å². The molecule has 0 aliphatic carbocycles. The Morgan fingerprint density at radius 2 is 2.05 bits per heavy atom. The number of methoxy groups -OCH3 is 1. The second-order valence-electron chi connectivity index (χ2n) is 4.25. The number of halogens is 1. The molecule has 0 atom stereocenters. The highest BCUT2D eigenvalue weighted by molar-refractivity contribution is 9.10. The van der Waals surface area contributed by atoms with Crippen LogP contribution in [0.2, 0.25) is 0 Å². The van der Waals surface area contributed by atoms with Crippen LogP contribution < -0.4 is 14.8 Å². The molecule has 2 aromatic carbocycles. The van der Waals surface area contributed by atoms with Crippen molar-refractivity contribution in [2.24, 2.45) is 0 Å². The van der Waals surface area contributed by atoms with Crippen molar-refractivity contribution in [3.05, 3.63) is 52.5 Å². The van der Waals surface area contributed by atoms with Gasteiger partial charge in [0.05, 0.1) is 12.8 Å². The Kier molecular flexibility index (Phi) is 5.47. The van der Waals surface area contributed by atoms with E-state index in [4.69, 9.17) is 14.7 Å². The zero-order valence-electron chi connectivity index (χ0n) is 11.6. The number of nitriles is 1. The van der Waals surface area contributed by atoms with Crippen molar-refractivity contribution in [2.45, 2.75) is 6.54 Å². The summed E-state index contributed by atoms with van der Waals surface area (Å²) in [5.74, 6) is 1.50. The lowest BCUT2D eigenvalue weighted by Gasteiger charge is -2.13. The summed E-state index contributed by atoms with van der Waals surface area (Å²) in [5.41, 5.74) is 1.92. The van der Waals surface area contributed by atoms with Crippen LogP contribution in [0.25, 0.3) is 0 Å². The van der Waals surface area contributed by atoms with E-state index in [9.17, 15) is 0 Å². The average Bonchev–Trinajstić information content (AvgIpc) is 2.53. The lowest BCUT2D eigenvalue weighted by molar-refractivity contribution is 0.364. The van der Waals surface area contributed by atoms with E-state index >= 15 is 0 Å². The number of rotatable bonds is 6. The van der Waals surface area contributed by atoms with Crippen molar-refractivity contribution < 1.29 is 9.47 Å². The van der Waals surface area contributed by atoms with Gasteiger partial charge in [0.1, 0.15) is 17.6 Å². The summed E-state index contributed by atoms with van der Waals surface area (Å²) in [7, 11) is 1.64. The summed E-state index contributed by atoms with van der Waals surface area (Å²) in [6.45, 7) is 0.632. The Labute approximate surface area is 132 Å². The molecule has 1 N–H and O–H groups in total. The van der Waals surface area contributed by atoms with E-state index in [-0.39, 0.29) is 6.61 Å². The van der Waals surface area contributed by atoms with Crippen LogP contribution in [0, 0.1) is 11.3 Å². The van der Waals surface area contributed by atoms with Gasteiger partial charge in [0.15, 0.2) is 6.61 Å². The lowest BCUT2D eigenvalue weighted by Crippen LogP contribution is -2.04. The van der Waals surface area contributed by atoms with Crippen LogP contribution >= 0.6 is 15.9 Å². The number of benzene rings is 2. The number of hydrogen-bond donors (Lipinski definition) is 1. The maximum absolute atomic E-state index is 8.61. The third kappa shape index (κ3) is 4.14. The largest absolute Gasteiger partial charge is 0.497 e. The number of anilines is 1. The highest BCUT2D eigenvalue weighted by atomic mass is 79.9. The molecule has 5 heteroatoms. The van der Waals surface area contributed by atoms with Crippen LogP contribution in [0.3, 0.4) is 0 Å². The van der Waals surface area contributed by atoms with E-state index in [1.807, 2.05) is 48.5 Å². The Bertz CT molecular complexity index is 653. The first-order chi connectivity index (χ1) is 10.2. The minimum atomic E-state index is 0.0415. The molecule has 21 heavy (non-hydrogen) atoms. The van der Waals surface area contributed by atoms with Gasteiger partial charge in [-0.05, 0) is 34.1 Å². The predicted octanol–water partition coefficient (Wildman–Crippen LogP) is 3.97. The maximum atomic E-state index is 8.61. The van der Waals surface area contributed by atoms with Crippen molar-refractivity contribution in [1.82, 2.24) is 0 Å². The molecule has 108 valence electrons. The van der Waals surface area contributed by atoms with Gasteiger partial charge in [-0.2, -0.15) is 5.26 Å². The summed E-state index contributed by atoms with van der Waals surface area (Å²) >= 11 is 3.50. The SMILES string of the molecule is COc1ccc(Br)c(NCc2ccccc2OCC#N)c1. The van der Waals surface area contributed by atoms with Crippen molar-refractivity contribution in [3.8, 4) is 17.6 Å². The fraction of sp³-hybridized carbons (Fsp3) is 0.188. The number of ether oxygens (including phenoxy) is 2. The van der Waals surface area contributed by atoms with E-state index in [1.54, 1.807) is 7.11 Å². The van der Waals surface area contributed by atoms with Gasteiger partial charge in [-0.3, -0.25) is 0 Å². The van der Waals surface area contributed by atoms with Crippen LogP contribution in [-0.2, 0) is 6.54 Å². The zero-order chi connectivity index (χ0) is 15.1. The summed E-state index contributed by atoms with van der Waals surface area (Å²) in [5, 5.41) is 11.9. The zero-order valence-corrected chi connectivity index (χ0v) is 13.2. The van der Waals surface area contributed by atoms with Crippen LogP contribution in [-0.4, -0.2) is 13.7 Å². The Morgan fingerprint density at radius 3 is 2.81 bits per heavy atom. The molecule has 0 radical (unpaired) electrons. The highest BCUT2D eigenvalue weighted by Gasteiger charge is 2.05. The Hall–Kier alpha value is -2.19. The van der Waals surface area contributed by atoms with Gasteiger partial charge in [0.2, 0.25) is 0 Å². The third-order valence-electron chi connectivity index (χ3n) is 2.91. The van der Waals surface area contributed by atoms with E-state index < -0.39 is 0 Å².